The largest absolute Gasteiger partial charge is 0.416 e. The van der Waals surface area contributed by atoms with E-state index in [0.717, 1.165) is 54.3 Å². The Morgan fingerprint density at radius 1 is 1.08 bits per heavy atom. The number of benzene rings is 1. The van der Waals surface area contributed by atoms with Crippen LogP contribution in [-0.2, 0) is 12.6 Å². The van der Waals surface area contributed by atoms with E-state index in [2.05, 4.69) is 11.9 Å². The van der Waals surface area contributed by atoms with Crippen LogP contribution in [0.1, 0.15) is 97.1 Å². The maximum atomic E-state index is 13.3. The number of pyridine rings is 1. The lowest BCUT2D eigenvalue weighted by Gasteiger charge is -2.47. The molecule has 0 aliphatic heterocycles. The number of alkyl halides is 3. The minimum absolute atomic E-state index is 0.102. The Bertz CT molecular complexity index is 1240. The fourth-order valence-corrected chi connectivity index (χ4v) is 6.82. The zero-order valence-electron chi connectivity index (χ0n) is 21.0. The summed E-state index contributed by atoms with van der Waals surface area (Å²) in [6, 6.07) is 8.00. The number of aliphatic hydroxyl groups excluding tert-OH is 1. The molecule has 3 aromatic rings. The van der Waals surface area contributed by atoms with Gasteiger partial charge in [-0.05, 0) is 60.6 Å². The third-order valence-corrected chi connectivity index (χ3v) is 9.13. The highest BCUT2D eigenvalue weighted by atomic mass is 32.1. The Hall–Kier alpha value is -2.51. The molecule has 2 fully saturated rings. The number of rotatable bonds is 3. The first-order valence-electron chi connectivity index (χ1n) is 13.1. The molecule has 2 heterocycles. The monoisotopic (exact) mass is 527 g/mol. The number of halogens is 3. The van der Waals surface area contributed by atoms with Crippen molar-refractivity contribution in [3.8, 4) is 10.4 Å². The van der Waals surface area contributed by atoms with E-state index in [9.17, 15) is 23.1 Å². The highest BCUT2D eigenvalue weighted by Crippen LogP contribution is 2.55. The van der Waals surface area contributed by atoms with Gasteiger partial charge in [-0.15, -0.1) is 11.3 Å². The van der Waals surface area contributed by atoms with Gasteiger partial charge in [-0.25, -0.2) is 0 Å². The van der Waals surface area contributed by atoms with E-state index in [0.29, 0.717) is 23.1 Å². The van der Waals surface area contributed by atoms with Gasteiger partial charge in [0.05, 0.1) is 11.7 Å². The molecule has 0 amide bonds. The maximum absolute atomic E-state index is 13.3. The second-order valence-corrected chi connectivity index (χ2v) is 11.9. The smallest absolute Gasteiger partial charge is 0.388 e. The van der Waals surface area contributed by atoms with Gasteiger partial charge in [-0.2, -0.15) is 13.2 Å². The van der Waals surface area contributed by atoms with E-state index in [-0.39, 0.29) is 11.0 Å². The Labute approximate surface area is 219 Å². The molecule has 2 aromatic heterocycles. The molecular weight excluding hydrogens is 495 g/mol. The SMILES string of the molecule is CC1CCCC1.O=C(c1ccc(C(F)(F)F)cc1)c1cnc2c(c1-c1cccs1)C(O)CC1(CCC1)C2. The molecule has 0 bridgehead atoms. The van der Waals surface area contributed by atoms with Crippen molar-refractivity contribution in [2.45, 2.75) is 77.0 Å². The predicted octanol–water partition coefficient (Wildman–Crippen LogP) is 8.41. The van der Waals surface area contributed by atoms with Gasteiger partial charge in [0.2, 0.25) is 0 Å². The van der Waals surface area contributed by atoms with Crippen molar-refractivity contribution in [2.75, 3.05) is 0 Å². The van der Waals surface area contributed by atoms with Gasteiger partial charge in [0.15, 0.2) is 5.78 Å². The Balaban J connectivity index is 0.000000412. The van der Waals surface area contributed by atoms with Crippen molar-refractivity contribution in [3.05, 3.63) is 75.9 Å². The predicted molar refractivity (Wildman–Crippen MR) is 140 cm³/mol. The molecule has 1 spiro atoms. The molecule has 3 aliphatic rings. The van der Waals surface area contributed by atoms with Crippen LogP contribution in [0.15, 0.2) is 48.0 Å². The standard InChI is InChI=1S/C24H20F3NO2S.C6H12/c25-24(26,27)15-6-4-14(5-7-15)22(30)16-13-28-17-11-23(8-2-9-23)12-18(29)21(17)20(16)19-3-1-10-31-19;1-6-4-2-3-5-6/h1,3-7,10,13,18,29H,2,8-9,11-12H2;6H,2-5H2,1H3. The molecule has 1 aromatic carbocycles. The minimum atomic E-state index is -4.46. The van der Waals surface area contributed by atoms with Crippen LogP contribution >= 0.6 is 11.3 Å². The highest BCUT2D eigenvalue weighted by molar-refractivity contribution is 7.13. The van der Waals surface area contributed by atoms with Crippen molar-refractivity contribution < 1.29 is 23.1 Å². The number of aromatic nitrogens is 1. The number of fused-ring (bicyclic) bond motifs is 1. The van der Waals surface area contributed by atoms with Crippen molar-refractivity contribution >= 4 is 17.1 Å². The van der Waals surface area contributed by atoms with E-state index in [4.69, 9.17) is 0 Å². The molecule has 196 valence electrons. The number of carbonyl (C=O) groups excluding carboxylic acids is 1. The van der Waals surface area contributed by atoms with Crippen molar-refractivity contribution in [1.82, 2.24) is 4.98 Å². The summed E-state index contributed by atoms with van der Waals surface area (Å²) in [4.78, 5) is 18.7. The van der Waals surface area contributed by atoms with Crippen LogP contribution in [0.4, 0.5) is 13.2 Å². The average molecular weight is 528 g/mol. The van der Waals surface area contributed by atoms with E-state index in [1.807, 2.05) is 17.5 Å². The van der Waals surface area contributed by atoms with E-state index in [1.165, 1.54) is 55.3 Å². The van der Waals surface area contributed by atoms with Crippen LogP contribution in [-0.4, -0.2) is 15.9 Å². The summed E-state index contributed by atoms with van der Waals surface area (Å²) in [5, 5.41) is 13.0. The first-order valence-corrected chi connectivity index (χ1v) is 14.0. The van der Waals surface area contributed by atoms with Gasteiger partial charge in [-0.3, -0.25) is 9.78 Å². The Kier molecular flexibility index (Phi) is 7.29. The van der Waals surface area contributed by atoms with E-state index in [1.54, 1.807) is 0 Å². The van der Waals surface area contributed by atoms with Crippen LogP contribution in [0, 0.1) is 11.3 Å². The number of hydrogen-bond donors (Lipinski definition) is 1. The topological polar surface area (TPSA) is 50.2 Å². The summed E-state index contributed by atoms with van der Waals surface area (Å²) in [7, 11) is 0. The molecule has 6 rings (SSSR count). The first kappa shape index (κ1) is 26.1. The summed E-state index contributed by atoms with van der Waals surface area (Å²) in [5.41, 5.74) is 1.95. The molecule has 1 atom stereocenters. The van der Waals surface area contributed by atoms with Crippen molar-refractivity contribution in [2.24, 2.45) is 11.3 Å². The molecule has 1 unspecified atom stereocenters. The third kappa shape index (κ3) is 5.39. The van der Waals surface area contributed by atoms with E-state index >= 15 is 0 Å². The number of aliphatic hydroxyl groups is 1. The molecule has 7 heteroatoms. The molecule has 3 aliphatic carbocycles. The Morgan fingerprint density at radius 2 is 1.78 bits per heavy atom. The fraction of sp³-hybridized carbons (Fsp3) is 0.467. The summed E-state index contributed by atoms with van der Waals surface area (Å²) in [6.45, 7) is 2.34. The Morgan fingerprint density at radius 3 is 2.30 bits per heavy atom. The second kappa shape index (κ2) is 10.3. The van der Waals surface area contributed by atoms with Crippen molar-refractivity contribution in [3.63, 3.8) is 0 Å². The summed E-state index contributed by atoms with van der Waals surface area (Å²) in [6.07, 6.45) is 7.04. The van der Waals surface area contributed by atoms with E-state index < -0.39 is 23.6 Å². The van der Waals surface area contributed by atoms with Gasteiger partial charge in [0.25, 0.3) is 0 Å². The lowest BCUT2D eigenvalue weighted by Crippen LogP contribution is -2.38. The van der Waals surface area contributed by atoms with Crippen molar-refractivity contribution in [1.29, 1.82) is 0 Å². The van der Waals surface area contributed by atoms with Crippen LogP contribution in [0.3, 0.4) is 0 Å². The molecule has 1 N–H and O–H groups in total. The minimum Gasteiger partial charge on any atom is -0.388 e. The normalized spacial score (nSPS) is 20.6. The summed E-state index contributed by atoms with van der Waals surface area (Å²) < 4.78 is 38.7. The first-order chi connectivity index (χ1) is 17.7. The van der Waals surface area contributed by atoms with Gasteiger partial charge >= 0.3 is 6.18 Å². The van der Waals surface area contributed by atoms with Crippen LogP contribution < -0.4 is 0 Å². The number of hydrogen-bond acceptors (Lipinski definition) is 4. The number of thiophene rings is 1. The molecule has 37 heavy (non-hydrogen) atoms. The zero-order valence-corrected chi connectivity index (χ0v) is 21.8. The maximum Gasteiger partial charge on any atom is 0.416 e. The number of ketones is 1. The lowest BCUT2D eigenvalue weighted by atomic mass is 9.59. The average Bonchev–Trinajstić information content (AvgIpc) is 3.56. The summed E-state index contributed by atoms with van der Waals surface area (Å²) >= 11 is 1.46. The fourth-order valence-electron chi connectivity index (χ4n) is 6.02. The quantitative estimate of drug-likeness (QED) is 0.348. The second-order valence-electron chi connectivity index (χ2n) is 10.9. The molecule has 3 nitrogen and oxygen atoms in total. The number of nitrogens with zero attached hydrogens (tertiary/aromatic N) is 1. The van der Waals surface area contributed by atoms with Crippen LogP contribution in [0.2, 0.25) is 0 Å². The van der Waals surface area contributed by atoms with Crippen LogP contribution in [0.25, 0.3) is 10.4 Å². The zero-order chi connectivity index (χ0) is 26.2. The molecule has 0 saturated heterocycles. The van der Waals surface area contributed by atoms with Gasteiger partial charge in [0.1, 0.15) is 0 Å². The highest BCUT2D eigenvalue weighted by Gasteiger charge is 2.45. The number of carbonyl (C=O) groups is 1. The molecule has 2 saturated carbocycles. The molecular formula is C30H32F3NO2S. The lowest BCUT2D eigenvalue weighted by molar-refractivity contribution is -0.137. The van der Waals surface area contributed by atoms with Gasteiger partial charge in [0, 0.05) is 39.0 Å². The summed E-state index contributed by atoms with van der Waals surface area (Å²) in [5.74, 6) is 0.647. The molecule has 0 radical (unpaired) electrons. The van der Waals surface area contributed by atoms with Gasteiger partial charge < -0.3 is 5.11 Å². The van der Waals surface area contributed by atoms with Gasteiger partial charge in [-0.1, -0.05) is 57.2 Å². The van der Waals surface area contributed by atoms with Crippen LogP contribution in [0.5, 0.6) is 0 Å². The third-order valence-electron chi connectivity index (χ3n) is 8.25.